The molecule has 1 saturated heterocycles. The summed E-state index contributed by atoms with van der Waals surface area (Å²) in [6, 6.07) is 7.25. The van der Waals surface area contributed by atoms with E-state index in [-0.39, 0.29) is 11.9 Å². The Morgan fingerprint density at radius 3 is 2.65 bits per heavy atom. The predicted octanol–water partition coefficient (Wildman–Crippen LogP) is 2.43. The van der Waals surface area contributed by atoms with Gasteiger partial charge in [0.2, 0.25) is 0 Å². The number of piperidine rings is 1. The van der Waals surface area contributed by atoms with E-state index in [2.05, 4.69) is 17.3 Å². The normalized spacial score (nSPS) is 20.4. The highest BCUT2D eigenvalue weighted by molar-refractivity contribution is 5.21. The average molecular weight is 236 g/mol. The third-order valence-corrected chi connectivity index (χ3v) is 3.75. The SMILES string of the molecule is CNC(c1cccc(F)c1)C1CCN(C)CC1. The van der Waals surface area contributed by atoms with Crippen molar-refractivity contribution in [2.45, 2.75) is 18.9 Å². The van der Waals surface area contributed by atoms with Crippen LogP contribution in [0.4, 0.5) is 4.39 Å². The van der Waals surface area contributed by atoms with E-state index in [1.165, 1.54) is 18.9 Å². The van der Waals surface area contributed by atoms with Gasteiger partial charge >= 0.3 is 0 Å². The molecule has 2 rings (SSSR count). The molecule has 0 spiro atoms. The van der Waals surface area contributed by atoms with E-state index < -0.39 is 0 Å². The zero-order chi connectivity index (χ0) is 12.3. The quantitative estimate of drug-likeness (QED) is 0.867. The van der Waals surface area contributed by atoms with E-state index in [4.69, 9.17) is 0 Å². The molecule has 17 heavy (non-hydrogen) atoms. The highest BCUT2D eigenvalue weighted by atomic mass is 19.1. The molecule has 0 radical (unpaired) electrons. The maximum absolute atomic E-state index is 13.3. The second kappa shape index (κ2) is 5.61. The summed E-state index contributed by atoms with van der Waals surface area (Å²) >= 11 is 0. The van der Waals surface area contributed by atoms with Gasteiger partial charge in [-0.1, -0.05) is 12.1 Å². The first-order chi connectivity index (χ1) is 8.20. The Hall–Kier alpha value is -0.930. The number of nitrogens with one attached hydrogen (secondary N) is 1. The summed E-state index contributed by atoms with van der Waals surface area (Å²) in [4.78, 5) is 2.36. The van der Waals surface area contributed by atoms with Crippen molar-refractivity contribution < 1.29 is 4.39 Å². The van der Waals surface area contributed by atoms with E-state index in [0.29, 0.717) is 5.92 Å². The molecule has 1 aliphatic heterocycles. The Kier molecular flexibility index (Phi) is 4.13. The Morgan fingerprint density at radius 1 is 1.35 bits per heavy atom. The molecule has 94 valence electrons. The zero-order valence-corrected chi connectivity index (χ0v) is 10.6. The molecule has 2 nitrogen and oxygen atoms in total. The van der Waals surface area contributed by atoms with Gasteiger partial charge in [0.05, 0.1) is 0 Å². The molecule has 1 unspecified atom stereocenters. The van der Waals surface area contributed by atoms with Crippen molar-refractivity contribution in [1.82, 2.24) is 10.2 Å². The van der Waals surface area contributed by atoms with Crippen molar-refractivity contribution in [3.8, 4) is 0 Å². The van der Waals surface area contributed by atoms with Crippen molar-refractivity contribution in [3.63, 3.8) is 0 Å². The molecular weight excluding hydrogens is 215 g/mol. The number of nitrogens with zero attached hydrogens (tertiary/aromatic N) is 1. The van der Waals surface area contributed by atoms with Gasteiger partial charge in [0.25, 0.3) is 0 Å². The first-order valence-corrected chi connectivity index (χ1v) is 6.32. The Morgan fingerprint density at radius 2 is 2.06 bits per heavy atom. The molecule has 0 saturated carbocycles. The smallest absolute Gasteiger partial charge is 0.123 e. The first-order valence-electron chi connectivity index (χ1n) is 6.32. The van der Waals surface area contributed by atoms with Crippen LogP contribution in [0, 0.1) is 11.7 Å². The third kappa shape index (κ3) is 3.05. The minimum absolute atomic E-state index is 0.143. The largest absolute Gasteiger partial charge is 0.313 e. The fourth-order valence-corrected chi connectivity index (χ4v) is 2.74. The lowest BCUT2D eigenvalue weighted by atomic mass is 9.85. The highest BCUT2D eigenvalue weighted by Gasteiger charge is 2.25. The molecule has 1 atom stereocenters. The van der Waals surface area contributed by atoms with Crippen LogP contribution in [-0.2, 0) is 0 Å². The molecule has 0 bridgehead atoms. The minimum atomic E-state index is -0.143. The topological polar surface area (TPSA) is 15.3 Å². The second-order valence-corrected chi connectivity index (χ2v) is 4.96. The van der Waals surface area contributed by atoms with Crippen LogP contribution in [0.5, 0.6) is 0 Å². The molecular formula is C14H21FN2. The lowest BCUT2D eigenvalue weighted by molar-refractivity contribution is 0.188. The summed E-state index contributed by atoms with van der Waals surface area (Å²) in [7, 11) is 4.13. The van der Waals surface area contributed by atoms with Gasteiger partial charge in [-0.3, -0.25) is 0 Å². The van der Waals surface area contributed by atoms with E-state index in [9.17, 15) is 4.39 Å². The van der Waals surface area contributed by atoms with Crippen molar-refractivity contribution in [1.29, 1.82) is 0 Å². The molecule has 1 fully saturated rings. The fraction of sp³-hybridized carbons (Fsp3) is 0.571. The van der Waals surface area contributed by atoms with E-state index >= 15 is 0 Å². The molecule has 1 heterocycles. The molecule has 0 aromatic heterocycles. The summed E-state index contributed by atoms with van der Waals surface area (Å²) < 4.78 is 13.3. The molecule has 3 heteroatoms. The lowest BCUT2D eigenvalue weighted by Gasteiger charge is -2.34. The molecule has 1 aromatic carbocycles. The first kappa shape index (κ1) is 12.5. The minimum Gasteiger partial charge on any atom is -0.313 e. The summed E-state index contributed by atoms with van der Waals surface area (Å²) in [6.45, 7) is 2.27. The second-order valence-electron chi connectivity index (χ2n) is 4.96. The number of rotatable bonds is 3. The number of halogens is 1. The number of hydrogen-bond acceptors (Lipinski definition) is 2. The monoisotopic (exact) mass is 236 g/mol. The Labute approximate surface area is 103 Å². The van der Waals surface area contributed by atoms with Crippen LogP contribution in [0.3, 0.4) is 0 Å². The standard InChI is InChI=1S/C14H21FN2/c1-16-14(11-6-8-17(2)9-7-11)12-4-3-5-13(15)10-12/h3-5,10-11,14,16H,6-9H2,1-2H3. The third-order valence-electron chi connectivity index (χ3n) is 3.75. The predicted molar refractivity (Wildman–Crippen MR) is 68.4 cm³/mol. The van der Waals surface area contributed by atoms with Crippen LogP contribution in [0.25, 0.3) is 0 Å². The number of hydrogen-bond donors (Lipinski definition) is 1. The van der Waals surface area contributed by atoms with Crippen molar-refractivity contribution in [2.24, 2.45) is 5.92 Å². The van der Waals surface area contributed by atoms with Gasteiger partial charge in [-0.05, 0) is 63.6 Å². The maximum atomic E-state index is 13.3. The van der Waals surface area contributed by atoms with E-state index in [1.807, 2.05) is 13.1 Å². The van der Waals surface area contributed by atoms with Gasteiger partial charge in [0, 0.05) is 6.04 Å². The fourth-order valence-electron chi connectivity index (χ4n) is 2.74. The summed E-state index contributed by atoms with van der Waals surface area (Å²) in [5.41, 5.74) is 1.07. The summed E-state index contributed by atoms with van der Waals surface area (Å²) in [5, 5.41) is 3.34. The summed E-state index contributed by atoms with van der Waals surface area (Å²) in [5.74, 6) is 0.466. The molecule has 0 amide bonds. The van der Waals surface area contributed by atoms with Crippen LogP contribution in [0.1, 0.15) is 24.4 Å². The molecule has 1 N–H and O–H groups in total. The van der Waals surface area contributed by atoms with Crippen molar-refractivity contribution >= 4 is 0 Å². The Balaban J connectivity index is 2.10. The van der Waals surface area contributed by atoms with Crippen molar-refractivity contribution in [2.75, 3.05) is 27.2 Å². The van der Waals surface area contributed by atoms with Crippen molar-refractivity contribution in [3.05, 3.63) is 35.6 Å². The van der Waals surface area contributed by atoms with Gasteiger partial charge in [0.1, 0.15) is 5.82 Å². The van der Waals surface area contributed by atoms with Crippen LogP contribution in [0.15, 0.2) is 24.3 Å². The van der Waals surface area contributed by atoms with E-state index in [1.54, 1.807) is 12.1 Å². The number of likely N-dealkylation sites (tertiary alicyclic amines) is 1. The summed E-state index contributed by atoms with van der Waals surface area (Å²) in [6.07, 6.45) is 2.36. The van der Waals surface area contributed by atoms with Crippen LogP contribution in [0.2, 0.25) is 0 Å². The maximum Gasteiger partial charge on any atom is 0.123 e. The van der Waals surface area contributed by atoms with Gasteiger partial charge in [-0.15, -0.1) is 0 Å². The molecule has 1 aliphatic rings. The average Bonchev–Trinajstić information content (AvgIpc) is 2.33. The van der Waals surface area contributed by atoms with Crippen LogP contribution in [-0.4, -0.2) is 32.1 Å². The van der Waals surface area contributed by atoms with Crippen LogP contribution < -0.4 is 5.32 Å². The zero-order valence-electron chi connectivity index (χ0n) is 10.6. The lowest BCUT2D eigenvalue weighted by Crippen LogP contribution is -2.36. The van der Waals surface area contributed by atoms with Gasteiger partial charge in [-0.2, -0.15) is 0 Å². The Bertz CT molecular complexity index is 359. The highest BCUT2D eigenvalue weighted by Crippen LogP contribution is 2.30. The molecule has 1 aromatic rings. The number of benzene rings is 1. The van der Waals surface area contributed by atoms with E-state index in [0.717, 1.165) is 18.7 Å². The molecule has 0 aliphatic carbocycles. The van der Waals surface area contributed by atoms with Gasteiger partial charge in [-0.25, -0.2) is 4.39 Å². The van der Waals surface area contributed by atoms with Gasteiger partial charge in [0.15, 0.2) is 0 Å². The van der Waals surface area contributed by atoms with Crippen LogP contribution >= 0.6 is 0 Å². The van der Waals surface area contributed by atoms with Gasteiger partial charge < -0.3 is 10.2 Å².